The molecule has 1 fully saturated rings. The van der Waals surface area contributed by atoms with Crippen LogP contribution in [-0.4, -0.2) is 63.7 Å². The van der Waals surface area contributed by atoms with Gasteiger partial charge in [0.25, 0.3) is 0 Å². The van der Waals surface area contributed by atoms with Gasteiger partial charge in [-0.3, -0.25) is 9.69 Å². The van der Waals surface area contributed by atoms with Crippen LogP contribution < -0.4 is 4.74 Å². The maximum Gasteiger partial charge on any atom is 0.219 e. The van der Waals surface area contributed by atoms with Gasteiger partial charge in [-0.2, -0.15) is 0 Å². The van der Waals surface area contributed by atoms with Crippen molar-refractivity contribution in [2.24, 2.45) is 7.05 Å². The third-order valence-electron chi connectivity index (χ3n) is 7.41. The first-order chi connectivity index (χ1) is 15.5. The molecule has 0 aliphatic carbocycles. The van der Waals surface area contributed by atoms with E-state index in [4.69, 9.17) is 4.74 Å². The lowest BCUT2D eigenvalue weighted by molar-refractivity contribution is -0.130. The molecule has 2 aliphatic rings. The zero-order valence-electron chi connectivity index (χ0n) is 18.9. The molecular formula is C24H30N4O3S. The van der Waals surface area contributed by atoms with Gasteiger partial charge < -0.3 is 19.3 Å². The van der Waals surface area contributed by atoms with Gasteiger partial charge in [0.2, 0.25) is 5.91 Å². The first kappa shape index (κ1) is 21.4. The number of methoxy groups -OCH3 is 1. The Labute approximate surface area is 192 Å². The number of thiazole rings is 1. The highest BCUT2D eigenvalue weighted by Gasteiger charge is 2.48. The first-order valence-electron chi connectivity index (χ1n) is 11.1. The second kappa shape index (κ2) is 8.17. The van der Waals surface area contributed by atoms with Crippen molar-refractivity contribution in [2.45, 2.75) is 37.8 Å². The number of fused-ring (bicyclic) bond motifs is 4. The number of ether oxygens (including phenoxy) is 1. The van der Waals surface area contributed by atoms with Crippen LogP contribution in [0.15, 0.2) is 29.8 Å². The number of aromatic nitrogens is 2. The number of rotatable bonds is 4. The third-order valence-corrected chi connectivity index (χ3v) is 8.17. The van der Waals surface area contributed by atoms with Crippen LogP contribution in [-0.2, 0) is 23.8 Å². The summed E-state index contributed by atoms with van der Waals surface area (Å²) in [6.45, 7) is 4.79. The molecule has 0 saturated carbocycles. The van der Waals surface area contributed by atoms with E-state index in [1.54, 1.807) is 25.4 Å². The van der Waals surface area contributed by atoms with Gasteiger partial charge >= 0.3 is 0 Å². The van der Waals surface area contributed by atoms with Crippen molar-refractivity contribution in [1.29, 1.82) is 0 Å². The van der Waals surface area contributed by atoms with Crippen LogP contribution in [0.4, 0.5) is 0 Å². The lowest BCUT2D eigenvalue weighted by Crippen LogP contribution is -2.54. The van der Waals surface area contributed by atoms with Gasteiger partial charge in [0.05, 0.1) is 31.8 Å². The SMILES string of the molecule is COc1ccc2c3c(n(C)c2c1)[C@@H](CO)N(Cc1nccs1)CC31CCN(C(C)=O)CC1. The molecule has 1 amide bonds. The highest BCUT2D eigenvalue weighted by Crippen LogP contribution is 2.50. The van der Waals surface area contributed by atoms with Crippen molar-refractivity contribution in [3.63, 3.8) is 0 Å². The van der Waals surface area contributed by atoms with E-state index in [0.29, 0.717) is 6.54 Å². The summed E-state index contributed by atoms with van der Waals surface area (Å²) in [7, 11) is 3.78. The molecule has 5 rings (SSSR count). The molecule has 1 spiro atoms. The monoisotopic (exact) mass is 454 g/mol. The smallest absolute Gasteiger partial charge is 0.219 e. The number of nitrogens with zero attached hydrogens (tertiary/aromatic N) is 4. The lowest BCUT2D eigenvalue weighted by Gasteiger charge is -2.50. The van der Waals surface area contributed by atoms with Gasteiger partial charge in [0.15, 0.2) is 0 Å². The van der Waals surface area contributed by atoms with Crippen molar-refractivity contribution in [2.75, 3.05) is 33.4 Å². The van der Waals surface area contributed by atoms with Crippen LogP contribution in [0.5, 0.6) is 5.75 Å². The molecule has 1 atom stereocenters. The lowest BCUT2D eigenvalue weighted by atomic mass is 9.68. The van der Waals surface area contributed by atoms with Gasteiger partial charge in [-0.15, -0.1) is 11.3 Å². The molecule has 170 valence electrons. The van der Waals surface area contributed by atoms with Crippen molar-refractivity contribution < 1.29 is 14.6 Å². The van der Waals surface area contributed by atoms with E-state index in [1.165, 1.54) is 16.6 Å². The normalized spacial score (nSPS) is 20.6. The predicted octanol–water partition coefficient (Wildman–Crippen LogP) is 3.07. The molecule has 8 heteroatoms. The second-order valence-electron chi connectivity index (χ2n) is 9.02. The van der Waals surface area contributed by atoms with Crippen molar-refractivity contribution in [3.8, 4) is 5.75 Å². The van der Waals surface area contributed by atoms with E-state index in [2.05, 4.69) is 33.6 Å². The summed E-state index contributed by atoms with van der Waals surface area (Å²) in [5.41, 5.74) is 3.57. The van der Waals surface area contributed by atoms with Gasteiger partial charge in [0.1, 0.15) is 10.8 Å². The number of benzene rings is 1. The fraction of sp³-hybridized carbons (Fsp3) is 0.500. The van der Waals surface area contributed by atoms with Gasteiger partial charge in [-0.05, 0) is 30.5 Å². The summed E-state index contributed by atoms with van der Waals surface area (Å²) >= 11 is 1.65. The number of aliphatic hydroxyl groups is 1. The molecule has 1 saturated heterocycles. The molecular weight excluding hydrogens is 424 g/mol. The number of hydrogen-bond donors (Lipinski definition) is 1. The number of hydrogen-bond acceptors (Lipinski definition) is 6. The minimum Gasteiger partial charge on any atom is -0.497 e. The van der Waals surface area contributed by atoms with Crippen LogP contribution in [0.25, 0.3) is 10.9 Å². The van der Waals surface area contributed by atoms with E-state index in [9.17, 15) is 9.90 Å². The quantitative estimate of drug-likeness (QED) is 0.656. The summed E-state index contributed by atoms with van der Waals surface area (Å²) < 4.78 is 7.74. The summed E-state index contributed by atoms with van der Waals surface area (Å²) in [6.07, 6.45) is 3.67. The summed E-state index contributed by atoms with van der Waals surface area (Å²) in [5.74, 6) is 0.975. The Bertz CT molecular complexity index is 1130. The Morgan fingerprint density at radius 2 is 2.12 bits per heavy atom. The van der Waals surface area contributed by atoms with E-state index in [-0.39, 0.29) is 24.0 Å². The number of aliphatic hydroxyl groups excluding tert-OH is 1. The molecule has 7 nitrogen and oxygen atoms in total. The average Bonchev–Trinajstić information content (AvgIpc) is 3.41. The number of likely N-dealkylation sites (tertiary alicyclic amines) is 1. The molecule has 0 radical (unpaired) electrons. The van der Waals surface area contributed by atoms with E-state index < -0.39 is 0 Å². The average molecular weight is 455 g/mol. The van der Waals surface area contributed by atoms with Crippen molar-refractivity contribution >= 4 is 28.1 Å². The largest absolute Gasteiger partial charge is 0.497 e. The number of carbonyl (C=O) groups is 1. The molecule has 0 unspecified atom stereocenters. The van der Waals surface area contributed by atoms with Crippen LogP contribution in [0.2, 0.25) is 0 Å². The fourth-order valence-electron chi connectivity index (χ4n) is 5.79. The molecule has 4 heterocycles. The molecule has 1 N–H and O–H groups in total. The maximum absolute atomic E-state index is 12.0. The zero-order chi connectivity index (χ0) is 22.5. The highest BCUT2D eigenvalue weighted by molar-refractivity contribution is 7.09. The molecule has 1 aromatic carbocycles. The van der Waals surface area contributed by atoms with Crippen LogP contribution >= 0.6 is 11.3 Å². The van der Waals surface area contributed by atoms with E-state index >= 15 is 0 Å². The number of amides is 1. The molecule has 32 heavy (non-hydrogen) atoms. The Morgan fingerprint density at radius 1 is 1.34 bits per heavy atom. The number of aryl methyl sites for hydroxylation is 1. The highest BCUT2D eigenvalue weighted by atomic mass is 32.1. The summed E-state index contributed by atoms with van der Waals surface area (Å²) in [6, 6.07) is 6.17. The molecule has 2 aromatic heterocycles. The van der Waals surface area contributed by atoms with Gasteiger partial charge in [0, 0.05) is 67.7 Å². The first-order valence-corrected chi connectivity index (χ1v) is 12.0. The standard InChI is InChI=1S/C24H30N4O3S/c1-16(30)27-9-6-24(7-10-27)15-28(13-21-25-8-11-32-21)20(14-29)23-22(24)18-5-4-17(31-3)12-19(18)26(23)2/h4-5,8,11-12,20,29H,6-7,9-10,13-15H2,1-3H3/t20-/m1/s1. The predicted molar refractivity (Wildman–Crippen MR) is 125 cm³/mol. The number of piperidine rings is 1. The Balaban J connectivity index is 1.67. The molecule has 3 aromatic rings. The molecule has 2 aliphatic heterocycles. The minimum absolute atomic E-state index is 0.0509. The minimum atomic E-state index is -0.103. The number of carbonyl (C=O) groups excluding carboxylic acids is 1. The fourth-order valence-corrected chi connectivity index (χ4v) is 6.43. The van der Waals surface area contributed by atoms with Crippen LogP contribution in [0, 0.1) is 0 Å². The Morgan fingerprint density at radius 3 is 2.75 bits per heavy atom. The second-order valence-corrected chi connectivity index (χ2v) is 10.00. The van der Waals surface area contributed by atoms with E-state index in [1.807, 2.05) is 22.5 Å². The van der Waals surface area contributed by atoms with Crippen molar-refractivity contribution in [3.05, 3.63) is 46.0 Å². The third kappa shape index (κ3) is 3.32. The molecule has 0 bridgehead atoms. The Hall–Kier alpha value is -2.42. The van der Waals surface area contributed by atoms with Gasteiger partial charge in [-0.1, -0.05) is 0 Å². The Kier molecular flexibility index (Phi) is 5.47. The van der Waals surface area contributed by atoms with Crippen molar-refractivity contribution in [1.82, 2.24) is 19.4 Å². The summed E-state index contributed by atoms with van der Waals surface area (Å²) in [4.78, 5) is 20.9. The summed E-state index contributed by atoms with van der Waals surface area (Å²) in [5, 5.41) is 14.8. The zero-order valence-corrected chi connectivity index (χ0v) is 19.7. The van der Waals surface area contributed by atoms with E-state index in [0.717, 1.165) is 48.7 Å². The maximum atomic E-state index is 12.0. The topological polar surface area (TPSA) is 70.8 Å². The van der Waals surface area contributed by atoms with Crippen LogP contribution in [0.1, 0.15) is 42.1 Å². The van der Waals surface area contributed by atoms with Gasteiger partial charge in [-0.25, -0.2) is 4.98 Å². The van der Waals surface area contributed by atoms with Crippen LogP contribution in [0.3, 0.4) is 0 Å².